The van der Waals surface area contributed by atoms with Crippen LogP contribution in [0.1, 0.15) is 24.5 Å². The first-order valence-electron chi connectivity index (χ1n) is 5.59. The number of carbonyl (C=O) groups is 1. The minimum Gasteiger partial charge on any atom is -0.393 e. The number of amides is 1. The van der Waals surface area contributed by atoms with Crippen molar-refractivity contribution in [2.24, 2.45) is 0 Å². The van der Waals surface area contributed by atoms with Crippen LogP contribution in [0, 0.1) is 6.92 Å². The highest BCUT2D eigenvalue weighted by molar-refractivity contribution is 5.78. The molecule has 1 atom stereocenters. The molecule has 0 spiro atoms. The minimum atomic E-state index is -0.362. The predicted molar refractivity (Wildman–Crippen MR) is 64.2 cm³/mol. The summed E-state index contributed by atoms with van der Waals surface area (Å²) < 4.78 is 0. The first kappa shape index (κ1) is 12.7. The van der Waals surface area contributed by atoms with Crippen LogP contribution in [0.2, 0.25) is 0 Å². The Morgan fingerprint density at radius 2 is 2.12 bits per heavy atom. The Hall–Kier alpha value is -1.35. The van der Waals surface area contributed by atoms with E-state index in [1.165, 1.54) is 0 Å². The summed E-state index contributed by atoms with van der Waals surface area (Å²) in [6, 6.07) is 7.86. The van der Waals surface area contributed by atoms with Crippen LogP contribution in [0.5, 0.6) is 0 Å². The Morgan fingerprint density at radius 1 is 1.44 bits per heavy atom. The fraction of sp³-hybridized carbons (Fsp3) is 0.462. The standard InChI is InChI=1S/C13H19NO2/c1-10-5-3-4-6-12(10)9-13(16)14-8-7-11(2)15/h3-6,11,15H,7-9H2,1-2H3,(H,14,16). The number of aliphatic hydroxyl groups excluding tert-OH is 1. The van der Waals surface area contributed by atoms with Gasteiger partial charge in [0, 0.05) is 6.54 Å². The Labute approximate surface area is 96.5 Å². The molecule has 0 saturated heterocycles. The van der Waals surface area contributed by atoms with Crippen molar-refractivity contribution in [3.63, 3.8) is 0 Å². The molecule has 1 aromatic rings. The molecule has 3 heteroatoms. The molecular weight excluding hydrogens is 202 g/mol. The highest BCUT2D eigenvalue weighted by Gasteiger charge is 2.05. The largest absolute Gasteiger partial charge is 0.393 e. The summed E-state index contributed by atoms with van der Waals surface area (Å²) in [4.78, 5) is 11.6. The van der Waals surface area contributed by atoms with Crippen molar-refractivity contribution in [3.05, 3.63) is 35.4 Å². The summed E-state index contributed by atoms with van der Waals surface area (Å²) >= 11 is 0. The molecule has 0 bridgehead atoms. The Morgan fingerprint density at radius 3 is 2.75 bits per heavy atom. The maximum Gasteiger partial charge on any atom is 0.224 e. The van der Waals surface area contributed by atoms with Gasteiger partial charge in [0.05, 0.1) is 12.5 Å². The molecule has 0 aliphatic carbocycles. The van der Waals surface area contributed by atoms with Gasteiger partial charge in [-0.1, -0.05) is 24.3 Å². The number of hydrogen-bond acceptors (Lipinski definition) is 2. The zero-order chi connectivity index (χ0) is 12.0. The summed E-state index contributed by atoms with van der Waals surface area (Å²) in [7, 11) is 0. The van der Waals surface area contributed by atoms with Crippen LogP contribution < -0.4 is 5.32 Å². The normalized spacial score (nSPS) is 12.2. The van der Waals surface area contributed by atoms with Crippen LogP contribution in [0.4, 0.5) is 0 Å². The lowest BCUT2D eigenvalue weighted by Gasteiger charge is -2.08. The number of nitrogens with one attached hydrogen (secondary N) is 1. The third-order valence-corrected chi connectivity index (χ3v) is 2.50. The van der Waals surface area contributed by atoms with E-state index in [4.69, 9.17) is 5.11 Å². The molecule has 88 valence electrons. The van der Waals surface area contributed by atoms with Crippen LogP contribution in [-0.2, 0) is 11.2 Å². The number of hydrogen-bond donors (Lipinski definition) is 2. The van der Waals surface area contributed by atoms with Gasteiger partial charge in [0.25, 0.3) is 0 Å². The first-order valence-corrected chi connectivity index (χ1v) is 5.59. The second-order valence-electron chi connectivity index (χ2n) is 4.09. The summed E-state index contributed by atoms with van der Waals surface area (Å²) in [6.07, 6.45) is 0.644. The molecule has 16 heavy (non-hydrogen) atoms. The number of rotatable bonds is 5. The van der Waals surface area contributed by atoms with Gasteiger partial charge in [0.15, 0.2) is 0 Å². The second-order valence-corrected chi connectivity index (χ2v) is 4.09. The highest BCUT2D eigenvalue weighted by atomic mass is 16.3. The molecule has 0 heterocycles. The third kappa shape index (κ3) is 4.45. The van der Waals surface area contributed by atoms with Crippen molar-refractivity contribution in [1.82, 2.24) is 5.32 Å². The summed E-state index contributed by atoms with van der Waals surface area (Å²) in [5.41, 5.74) is 2.19. The summed E-state index contributed by atoms with van der Waals surface area (Å²) in [6.45, 7) is 4.24. The van der Waals surface area contributed by atoms with Crippen molar-refractivity contribution in [2.45, 2.75) is 32.8 Å². The van der Waals surface area contributed by atoms with Crippen LogP contribution in [0.25, 0.3) is 0 Å². The number of carbonyl (C=O) groups excluding carboxylic acids is 1. The molecular formula is C13H19NO2. The van der Waals surface area contributed by atoms with Gasteiger partial charge >= 0.3 is 0 Å². The lowest BCUT2D eigenvalue weighted by Crippen LogP contribution is -2.28. The summed E-state index contributed by atoms with van der Waals surface area (Å²) in [5, 5.41) is 11.8. The highest BCUT2D eigenvalue weighted by Crippen LogP contribution is 2.07. The van der Waals surface area contributed by atoms with E-state index in [-0.39, 0.29) is 12.0 Å². The van der Waals surface area contributed by atoms with E-state index in [0.717, 1.165) is 11.1 Å². The number of aliphatic hydroxyl groups is 1. The van der Waals surface area contributed by atoms with E-state index in [0.29, 0.717) is 19.4 Å². The lowest BCUT2D eigenvalue weighted by molar-refractivity contribution is -0.120. The monoisotopic (exact) mass is 221 g/mol. The molecule has 0 radical (unpaired) electrons. The molecule has 0 aromatic heterocycles. The van der Waals surface area contributed by atoms with E-state index in [9.17, 15) is 4.79 Å². The average molecular weight is 221 g/mol. The predicted octanol–water partition coefficient (Wildman–Crippen LogP) is 1.42. The molecule has 0 aliphatic rings. The fourth-order valence-corrected chi connectivity index (χ4v) is 1.46. The zero-order valence-corrected chi connectivity index (χ0v) is 9.86. The van der Waals surface area contributed by atoms with Gasteiger partial charge in [-0.05, 0) is 31.4 Å². The molecule has 0 saturated carbocycles. The van der Waals surface area contributed by atoms with Crippen molar-refractivity contribution >= 4 is 5.91 Å². The van der Waals surface area contributed by atoms with Gasteiger partial charge in [-0.25, -0.2) is 0 Å². The van der Waals surface area contributed by atoms with Crippen LogP contribution in [0.15, 0.2) is 24.3 Å². The lowest BCUT2D eigenvalue weighted by atomic mass is 10.1. The maximum absolute atomic E-state index is 11.6. The molecule has 1 aromatic carbocycles. The van der Waals surface area contributed by atoms with Gasteiger partial charge in [-0.15, -0.1) is 0 Å². The van der Waals surface area contributed by atoms with Gasteiger partial charge in [-0.2, -0.15) is 0 Å². The maximum atomic E-state index is 11.6. The quantitative estimate of drug-likeness (QED) is 0.790. The van der Waals surface area contributed by atoms with E-state index < -0.39 is 0 Å². The fourth-order valence-electron chi connectivity index (χ4n) is 1.46. The molecule has 0 fully saturated rings. The zero-order valence-electron chi connectivity index (χ0n) is 9.86. The number of aryl methyl sites for hydroxylation is 1. The van der Waals surface area contributed by atoms with E-state index >= 15 is 0 Å². The SMILES string of the molecule is Cc1ccccc1CC(=O)NCCC(C)O. The Bertz CT molecular complexity index is 348. The van der Waals surface area contributed by atoms with E-state index in [1.54, 1.807) is 6.92 Å². The molecule has 2 N–H and O–H groups in total. The van der Waals surface area contributed by atoms with Crippen molar-refractivity contribution < 1.29 is 9.90 Å². The van der Waals surface area contributed by atoms with Gasteiger partial charge in [0.2, 0.25) is 5.91 Å². The van der Waals surface area contributed by atoms with Crippen molar-refractivity contribution in [1.29, 1.82) is 0 Å². The molecule has 0 aliphatic heterocycles. The van der Waals surface area contributed by atoms with Crippen molar-refractivity contribution in [2.75, 3.05) is 6.54 Å². The second kappa shape index (κ2) is 6.28. The molecule has 3 nitrogen and oxygen atoms in total. The molecule has 1 rings (SSSR count). The van der Waals surface area contributed by atoms with Crippen LogP contribution >= 0.6 is 0 Å². The topological polar surface area (TPSA) is 49.3 Å². The van der Waals surface area contributed by atoms with Gasteiger partial charge in [-0.3, -0.25) is 4.79 Å². The van der Waals surface area contributed by atoms with Gasteiger partial charge < -0.3 is 10.4 Å². The third-order valence-electron chi connectivity index (χ3n) is 2.50. The first-order chi connectivity index (χ1) is 7.59. The molecule has 1 amide bonds. The van der Waals surface area contributed by atoms with E-state index in [2.05, 4.69) is 5.32 Å². The van der Waals surface area contributed by atoms with Crippen molar-refractivity contribution in [3.8, 4) is 0 Å². The Kier molecular flexibility index (Phi) is 4.99. The molecule has 1 unspecified atom stereocenters. The van der Waals surface area contributed by atoms with Crippen LogP contribution in [0.3, 0.4) is 0 Å². The smallest absolute Gasteiger partial charge is 0.224 e. The summed E-state index contributed by atoms with van der Waals surface area (Å²) in [5.74, 6) is 0.00921. The average Bonchev–Trinajstić information content (AvgIpc) is 2.21. The van der Waals surface area contributed by atoms with Crippen LogP contribution in [-0.4, -0.2) is 23.7 Å². The van der Waals surface area contributed by atoms with Gasteiger partial charge in [0.1, 0.15) is 0 Å². The minimum absolute atomic E-state index is 0.00921. The Balaban J connectivity index is 2.37. The number of benzene rings is 1. The van der Waals surface area contributed by atoms with E-state index in [1.807, 2.05) is 31.2 Å².